The zero-order valence-corrected chi connectivity index (χ0v) is 48.4. The summed E-state index contributed by atoms with van der Waals surface area (Å²) >= 11 is 0. The van der Waals surface area contributed by atoms with Crippen molar-refractivity contribution in [3.05, 3.63) is 275 Å². The van der Waals surface area contributed by atoms with Gasteiger partial charge in [0.15, 0.2) is 0 Å². The van der Waals surface area contributed by atoms with Crippen LogP contribution in [0.4, 0.5) is 51.2 Å². The van der Waals surface area contributed by atoms with E-state index in [0.29, 0.717) is 5.92 Å². The van der Waals surface area contributed by atoms with E-state index in [1.54, 1.807) is 0 Å². The minimum absolute atomic E-state index is 0.0191. The molecule has 394 valence electrons. The SMILES string of the molecule is CC(C)c1ccc(N(c2ccccc2)c2ccc3c(c2)N(c2ccc4c(c2)-c2ccccc2C4(c2ccccc2)c2ccccc2)c2cc(C(C)(C)C)cc4c2B3c2cc(C(C)(C)C)ccc2N4c2ccc(C(C)(C)C)cc2)cc1. The van der Waals surface area contributed by atoms with Gasteiger partial charge >= 0.3 is 0 Å². The van der Waals surface area contributed by atoms with Crippen LogP contribution in [-0.2, 0) is 21.7 Å². The molecule has 0 radical (unpaired) electrons. The quantitative estimate of drug-likeness (QED) is 0.140. The van der Waals surface area contributed by atoms with Crippen LogP contribution in [0.1, 0.15) is 127 Å². The number of anilines is 9. The highest BCUT2D eigenvalue weighted by Gasteiger charge is 2.48. The van der Waals surface area contributed by atoms with Gasteiger partial charge in [-0.05, 0) is 173 Å². The maximum Gasteiger partial charge on any atom is 0.252 e. The average molecular weight is 1040 g/mol. The summed E-state index contributed by atoms with van der Waals surface area (Å²) in [5.74, 6) is 0.426. The molecule has 0 aromatic heterocycles. The first-order chi connectivity index (χ1) is 38.4. The largest absolute Gasteiger partial charge is 0.311 e. The van der Waals surface area contributed by atoms with Gasteiger partial charge < -0.3 is 14.7 Å². The van der Waals surface area contributed by atoms with Crippen molar-refractivity contribution < 1.29 is 0 Å². The van der Waals surface area contributed by atoms with Crippen LogP contribution < -0.4 is 31.1 Å². The van der Waals surface area contributed by atoms with Crippen molar-refractivity contribution in [3.63, 3.8) is 0 Å². The first-order valence-electron chi connectivity index (χ1n) is 28.9. The lowest BCUT2D eigenvalue weighted by atomic mass is 9.33. The standard InChI is InChI=1S/C76H72BN3/c1-50(2)51-31-36-58(37-32-51)78(57-27-19-14-20-28-57)61-41-43-66-69(49-61)80(60-40-42-65-63(48-60)62-29-21-22-30-64(62)76(65,53-23-15-12-16-24-53)54-25-17-13-18-26-54)71-47-56(75(9,10)11)46-70-72(71)77(66)67-45-55(74(6,7)8)35-44-68(67)79(70)59-38-33-52(34-39-59)73(3,4)5/h12-50H,1-11H3. The molecule has 13 rings (SSSR count). The van der Waals surface area contributed by atoms with Crippen molar-refractivity contribution in [2.45, 2.75) is 104 Å². The lowest BCUT2D eigenvalue weighted by molar-refractivity contribution is 0.589. The Bertz CT molecular complexity index is 3930. The van der Waals surface area contributed by atoms with Gasteiger partial charge in [-0.3, -0.25) is 0 Å². The Balaban J connectivity index is 1.13. The number of rotatable bonds is 8. The molecule has 3 nitrogen and oxygen atoms in total. The molecular formula is C76H72BN3. The van der Waals surface area contributed by atoms with Gasteiger partial charge in [0.1, 0.15) is 0 Å². The summed E-state index contributed by atoms with van der Waals surface area (Å²) in [7, 11) is 0. The Morgan fingerprint density at radius 2 is 0.887 bits per heavy atom. The molecular weight excluding hydrogens is 966 g/mol. The molecule has 2 aliphatic heterocycles. The van der Waals surface area contributed by atoms with Gasteiger partial charge in [0, 0.05) is 51.2 Å². The van der Waals surface area contributed by atoms with Gasteiger partial charge in [0.25, 0.3) is 6.71 Å². The van der Waals surface area contributed by atoms with Crippen LogP contribution in [-0.4, -0.2) is 6.71 Å². The molecule has 0 spiro atoms. The molecule has 0 unspecified atom stereocenters. The summed E-state index contributed by atoms with van der Waals surface area (Å²) in [6, 6.07) is 88.1. The zero-order valence-electron chi connectivity index (χ0n) is 48.4. The fraction of sp³-hybridized carbons (Fsp3) is 0.211. The summed E-state index contributed by atoms with van der Waals surface area (Å²) in [4.78, 5) is 7.67. The molecule has 0 saturated carbocycles. The van der Waals surface area contributed by atoms with Gasteiger partial charge in [0.2, 0.25) is 0 Å². The molecule has 10 aromatic carbocycles. The number of para-hydroxylation sites is 1. The van der Waals surface area contributed by atoms with E-state index < -0.39 is 5.41 Å². The Labute approximate surface area is 476 Å². The third-order valence-corrected chi connectivity index (χ3v) is 17.6. The molecule has 0 fully saturated rings. The molecule has 0 bridgehead atoms. The predicted molar refractivity (Wildman–Crippen MR) is 343 cm³/mol. The van der Waals surface area contributed by atoms with E-state index in [0.717, 1.165) is 28.4 Å². The second-order valence-electron chi connectivity index (χ2n) is 26.0. The fourth-order valence-corrected chi connectivity index (χ4v) is 13.3. The first kappa shape index (κ1) is 51.1. The van der Waals surface area contributed by atoms with E-state index in [4.69, 9.17) is 0 Å². The number of fused-ring (bicyclic) bond motifs is 7. The van der Waals surface area contributed by atoms with Crippen LogP contribution in [0, 0.1) is 0 Å². The van der Waals surface area contributed by atoms with Crippen molar-refractivity contribution in [1.82, 2.24) is 0 Å². The summed E-state index contributed by atoms with van der Waals surface area (Å²) in [5.41, 5.74) is 26.6. The normalized spacial score (nSPS) is 14.1. The van der Waals surface area contributed by atoms with E-state index >= 15 is 0 Å². The van der Waals surface area contributed by atoms with Crippen molar-refractivity contribution in [3.8, 4) is 11.1 Å². The Kier molecular flexibility index (Phi) is 12.1. The van der Waals surface area contributed by atoms with Crippen LogP contribution in [0.5, 0.6) is 0 Å². The summed E-state index contributed by atoms with van der Waals surface area (Å²) in [5, 5.41) is 0. The highest BCUT2D eigenvalue weighted by atomic mass is 15.2. The molecule has 3 aliphatic rings. The van der Waals surface area contributed by atoms with E-state index in [2.05, 4.69) is 321 Å². The second-order valence-corrected chi connectivity index (χ2v) is 26.0. The highest BCUT2D eigenvalue weighted by Crippen LogP contribution is 2.58. The highest BCUT2D eigenvalue weighted by molar-refractivity contribution is 7.00. The minimum atomic E-state index is -0.519. The van der Waals surface area contributed by atoms with Gasteiger partial charge in [-0.1, -0.05) is 228 Å². The van der Waals surface area contributed by atoms with Crippen molar-refractivity contribution in [2.24, 2.45) is 0 Å². The van der Waals surface area contributed by atoms with Crippen molar-refractivity contribution in [2.75, 3.05) is 14.7 Å². The predicted octanol–water partition coefficient (Wildman–Crippen LogP) is 18.6. The molecule has 10 aromatic rings. The van der Waals surface area contributed by atoms with Gasteiger partial charge in [-0.15, -0.1) is 0 Å². The first-order valence-corrected chi connectivity index (χ1v) is 28.9. The maximum atomic E-state index is 2.64. The zero-order chi connectivity index (χ0) is 55.5. The Morgan fingerprint density at radius 3 is 1.49 bits per heavy atom. The molecule has 0 N–H and O–H groups in total. The van der Waals surface area contributed by atoms with Gasteiger partial charge in [0.05, 0.1) is 5.41 Å². The molecule has 80 heavy (non-hydrogen) atoms. The molecule has 4 heteroatoms. The number of hydrogen-bond acceptors (Lipinski definition) is 3. The topological polar surface area (TPSA) is 9.72 Å². The summed E-state index contributed by atoms with van der Waals surface area (Å²) < 4.78 is 0. The van der Waals surface area contributed by atoms with Crippen LogP contribution >= 0.6 is 0 Å². The lowest BCUT2D eigenvalue weighted by Crippen LogP contribution is -2.61. The Hall–Kier alpha value is -8.34. The monoisotopic (exact) mass is 1040 g/mol. The van der Waals surface area contributed by atoms with Gasteiger partial charge in [-0.2, -0.15) is 0 Å². The fourth-order valence-electron chi connectivity index (χ4n) is 13.3. The lowest BCUT2D eigenvalue weighted by Gasteiger charge is -2.46. The molecule has 0 amide bonds. The van der Waals surface area contributed by atoms with Crippen LogP contribution in [0.3, 0.4) is 0 Å². The average Bonchev–Trinajstić information content (AvgIpc) is 3.86. The Morgan fingerprint density at radius 1 is 0.375 bits per heavy atom. The number of benzene rings is 10. The molecule has 1 aliphatic carbocycles. The van der Waals surface area contributed by atoms with E-state index in [-0.39, 0.29) is 23.0 Å². The number of nitrogens with zero attached hydrogens (tertiary/aromatic N) is 3. The van der Waals surface area contributed by atoms with Gasteiger partial charge in [-0.25, -0.2) is 0 Å². The molecule has 2 heterocycles. The van der Waals surface area contributed by atoms with Crippen molar-refractivity contribution >= 4 is 74.3 Å². The van der Waals surface area contributed by atoms with Crippen LogP contribution in [0.15, 0.2) is 231 Å². The minimum Gasteiger partial charge on any atom is -0.311 e. The van der Waals surface area contributed by atoms with E-state index in [1.165, 1.54) is 94.8 Å². The molecule has 0 atom stereocenters. The third-order valence-electron chi connectivity index (χ3n) is 17.6. The van der Waals surface area contributed by atoms with Crippen LogP contribution in [0.2, 0.25) is 0 Å². The molecule has 0 saturated heterocycles. The smallest absolute Gasteiger partial charge is 0.252 e. The maximum absolute atomic E-state index is 2.64. The van der Waals surface area contributed by atoms with E-state index in [1.807, 2.05) is 0 Å². The second kappa shape index (κ2) is 18.9. The van der Waals surface area contributed by atoms with Crippen LogP contribution in [0.25, 0.3) is 11.1 Å². The van der Waals surface area contributed by atoms with E-state index in [9.17, 15) is 0 Å². The van der Waals surface area contributed by atoms with Crippen molar-refractivity contribution in [1.29, 1.82) is 0 Å². The number of hydrogen-bond donors (Lipinski definition) is 0. The summed E-state index contributed by atoms with van der Waals surface area (Å²) in [6.45, 7) is 25.5. The third kappa shape index (κ3) is 8.24. The summed E-state index contributed by atoms with van der Waals surface area (Å²) in [6.07, 6.45) is 0.